The first-order valence-electron chi connectivity index (χ1n) is 12.2. The molecule has 0 aliphatic carbocycles. The molecule has 192 valence electrons. The average Bonchev–Trinajstić information content (AvgIpc) is 3.12. The summed E-state index contributed by atoms with van der Waals surface area (Å²) in [4.78, 5) is 24.7. The molecule has 0 spiro atoms. The molecule has 5 rings (SSSR count). The van der Waals surface area contributed by atoms with Gasteiger partial charge in [0.05, 0.1) is 27.4 Å². The van der Waals surface area contributed by atoms with Gasteiger partial charge in [0.25, 0.3) is 5.91 Å². The molecule has 7 nitrogen and oxygen atoms in total. The van der Waals surface area contributed by atoms with Gasteiger partial charge in [-0.1, -0.05) is 41.8 Å². The Hall–Kier alpha value is -2.85. The highest BCUT2D eigenvalue weighted by Crippen LogP contribution is 2.34. The minimum absolute atomic E-state index is 0.201. The van der Waals surface area contributed by atoms with Gasteiger partial charge >= 0.3 is 0 Å². The zero-order valence-corrected chi connectivity index (χ0v) is 22.8. The Morgan fingerprint density at radius 2 is 1.78 bits per heavy atom. The molecular formula is C27H27ClN4O3S2. The number of aromatic nitrogens is 2. The van der Waals surface area contributed by atoms with Crippen LogP contribution in [0.5, 0.6) is 0 Å². The summed E-state index contributed by atoms with van der Waals surface area (Å²) in [5.74, 6) is -0.285. The van der Waals surface area contributed by atoms with E-state index in [1.807, 2.05) is 37.3 Å². The van der Waals surface area contributed by atoms with Crippen molar-refractivity contribution in [3.63, 3.8) is 0 Å². The zero-order chi connectivity index (χ0) is 26.0. The summed E-state index contributed by atoms with van der Waals surface area (Å²) < 4.78 is 28.8. The average molecular weight is 555 g/mol. The number of benzene rings is 2. The number of anilines is 1. The Labute approximate surface area is 225 Å². The molecule has 0 atom stereocenters. The number of pyridine rings is 1. The maximum Gasteiger partial charge on any atom is 0.260 e. The minimum atomic E-state index is -3.60. The quantitative estimate of drug-likeness (QED) is 0.289. The molecule has 2 aromatic carbocycles. The van der Waals surface area contributed by atoms with Gasteiger partial charge in [-0.05, 0) is 73.9 Å². The van der Waals surface area contributed by atoms with Gasteiger partial charge in [0.1, 0.15) is 0 Å². The van der Waals surface area contributed by atoms with Gasteiger partial charge in [-0.25, -0.2) is 13.4 Å². The number of rotatable bonds is 6. The number of carbonyl (C=O) groups is 1. The lowest BCUT2D eigenvalue weighted by Gasteiger charge is -2.21. The van der Waals surface area contributed by atoms with E-state index < -0.39 is 10.0 Å². The number of amides is 1. The molecule has 0 unspecified atom stereocenters. The second-order valence-corrected chi connectivity index (χ2v) is 12.5. The van der Waals surface area contributed by atoms with Crippen LogP contribution in [0.25, 0.3) is 10.2 Å². The highest BCUT2D eigenvalue weighted by molar-refractivity contribution is 7.89. The monoisotopic (exact) mass is 554 g/mol. The summed E-state index contributed by atoms with van der Waals surface area (Å²) in [6.45, 7) is 3.22. The zero-order valence-electron chi connectivity index (χ0n) is 20.4. The number of carbonyl (C=O) groups excluding carboxylic acids is 1. The van der Waals surface area contributed by atoms with Crippen LogP contribution in [0.3, 0.4) is 0 Å². The van der Waals surface area contributed by atoms with Crippen molar-refractivity contribution >= 4 is 54.2 Å². The molecule has 1 amide bonds. The third-order valence-corrected chi connectivity index (χ3v) is 9.62. The Morgan fingerprint density at radius 1 is 1.05 bits per heavy atom. The molecule has 0 bridgehead atoms. The van der Waals surface area contributed by atoms with Crippen molar-refractivity contribution in [1.82, 2.24) is 14.3 Å². The van der Waals surface area contributed by atoms with E-state index in [4.69, 9.17) is 16.6 Å². The summed E-state index contributed by atoms with van der Waals surface area (Å²) in [5, 5.41) is 1.14. The Bertz CT molecular complexity index is 1510. The van der Waals surface area contributed by atoms with E-state index >= 15 is 0 Å². The van der Waals surface area contributed by atoms with E-state index in [1.54, 1.807) is 27.5 Å². The first-order valence-corrected chi connectivity index (χ1v) is 14.8. The van der Waals surface area contributed by atoms with Crippen LogP contribution in [0.4, 0.5) is 5.13 Å². The predicted molar refractivity (Wildman–Crippen MR) is 148 cm³/mol. The van der Waals surface area contributed by atoms with Gasteiger partial charge in [0, 0.05) is 29.9 Å². The fraction of sp³-hybridized carbons (Fsp3) is 0.296. The number of hydrogen-bond donors (Lipinski definition) is 0. The third kappa shape index (κ3) is 5.55. The largest absolute Gasteiger partial charge is 0.278 e. The smallest absolute Gasteiger partial charge is 0.260 e. The number of nitrogens with zero attached hydrogens (tertiary/aromatic N) is 4. The maximum atomic E-state index is 13.8. The van der Waals surface area contributed by atoms with Crippen LogP contribution in [-0.4, -0.2) is 41.7 Å². The van der Waals surface area contributed by atoms with Crippen LogP contribution >= 0.6 is 22.9 Å². The number of hydrogen-bond acceptors (Lipinski definition) is 6. The summed E-state index contributed by atoms with van der Waals surface area (Å²) >= 11 is 7.64. The molecule has 0 radical (unpaired) electrons. The van der Waals surface area contributed by atoms with Gasteiger partial charge < -0.3 is 0 Å². The topological polar surface area (TPSA) is 83.5 Å². The maximum absolute atomic E-state index is 13.8. The number of sulfonamides is 1. The molecule has 10 heteroatoms. The first kappa shape index (κ1) is 25.8. The summed E-state index contributed by atoms with van der Waals surface area (Å²) in [7, 11) is -3.60. The molecule has 1 aliphatic rings. The molecule has 3 heterocycles. The van der Waals surface area contributed by atoms with Crippen molar-refractivity contribution in [1.29, 1.82) is 0 Å². The Morgan fingerprint density at radius 3 is 2.46 bits per heavy atom. The van der Waals surface area contributed by atoms with Gasteiger partial charge in [0.15, 0.2) is 5.13 Å². The molecule has 0 N–H and O–H groups in total. The van der Waals surface area contributed by atoms with Crippen LogP contribution in [0.1, 0.15) is 47.3 Å². The van der Waals surface area contributed by atoms with Crippen molar-refractivity contribution in [2.45, 2.75) is 44.0 Å². The standard InChI is InChI=1S/C27H27ClN4O3S2/c1-19-16-21(28)17-24-25(19)30-27(36-24)32(18-22-8-4-5-13-29-22)26(33)20-9-11-23(12-10-20)37(34,35)31-14-6-2-3-7-15-31/h4-5,8-13,16-17H,2-3,6-7,14-15,18H2,1H3. The lowest BCUT2D eigenvalue weighted by molar-refractivity contribution is 0.0984. The normalized spacial score (nSPS) is 15.0. The number of thiazole rings is 1. The van der Waals surface area contributed by atoms with Crippen molar-refractivity contribution in [3.05, 3.63) is 82.6 Å². The molecule has 37 heavy (non-hydrogen) atoms. The fourth-order valence-electron chi connectivity index (χ4n) is 4.49. The molecular weight excluding hydrogens is 528 g/mol. The van der Waals surface area contributed by atoms with E-state index in [1.165, 1.54) is 23.5 Å². The summed E-state index contributed by atoms with van der Waals surface area (Å²) in [6, 6.07) is 15.4. The lowest BCUT2D eigenvalue weighted by Crippen LogP contribution is -2.32. The van der Waals surface area contributed by atoms with Crippen molar-refractivity contribution in [3.8, 4) is 0 Å². The number of halogens is 1. The highest BCUT2D eigenvalue weighted by Gasteiger charge is 2.27. The van der Waals surface area contributed by atoms with Crippen LogP contribution < -0.4 is 4.90 Å². The van der Waals surface area contributed by atoms with Crippen molar-refractivity contribution in [2.24, 2.45) is 0 Å². The van der Waals surface area contributed by atoms with Crippen LogP contribution in [0.15, 0.2) is 65.7 Å². The minimum Gasteiger partial charge on any atom is -0.278 e. The molecule has 4 aromatic rings. The molecule has 1 aliphatic heterocycles. The molecule has 0 saturated carbocycles. The van der Waals surface area contributed by atoms with Gasteiger partial charge in [-0.2, -0.15) is 4.31 Å². The third-order valence-electron chi connectivity index (χ3n) is 6.47. The first-order chi connectivity index (χ1) is 17.8. The second kappa shape index (κ2) is 10.9. The molecule has 1 saturated heterocycles. The van der Waals surface area contributed by atoms with Crippen molar-refractivity contribution in [2.75, 3.05) is 18.0 Å². The van der Waals surface area contributed by atoms with Crippen molar-refractivity contribution < 1.29 is 13.2 Å². The van der Waals surface area contributed by atoms with E-state index in [9.17, 15) is 13.2 Å². The molecule has 1 fully saturated rings. The van der Waals surface area contributed by atoms with Gasteiger partial charge in [-0.3, -0.25) is 14.7 Å². The van der Waals surface area contributed by atoms with Gasteiger partial charge in [-0.15, -0.1) is 0 Å². The van der Waals surface area contributed by atoms with Gasteiger partial charge in [0.2, 0.25) is 10.0 Å². The summed E-state index contributed by atoms with van der Waals surface area (Å²) in [5.41, 5.74) is 2.81. The number of aryl methyl sites for hydroxylation is 1. The Kier molecular flexibility index (Phi) is 7.57. The molecule has 2 aromatic heterocycles. The lowest BCUT2D eigenvalue weighted by atomic mass is 10.2. The van der Waals surface area contributed by atoms with E-state index in [2.05, 4.69) is 4.98 Å². The van der Waals surface area contributed by atoms with E-state index in [0.717, 1.165) is 41.5 Å². The number of fused-ring (bicyclic) bond motifs is 1. The van der Waals surface area contributed by atoms with Crippen LogP contribution in [0, 0.1) is 6.92 Å². The fourth-order valence-corrected chi connectivity index (χ4v) is 7.43. The predicted octanol–water partition coefficient (Wildman–Crippen LogP) is 6.06. The van der Waals surface area contributed by atoms with Crippen LogP contribution in [0.2, 0.25) is 5.02 Å². The second-order valence-electron chi connectivity index (χ2n) is 9.12. The SMILES string of the molecule is Cc1cc(Cl)cc2sc(N(Cc3ccccn3)C(=O)c3ccc(S(=O)(=O)N4CCCCCC4)cc3)nc12. The Balaban J connectivity index is 1.47. The highest BCUT2D eigenvalue weighted by atomic mass is 35.5. The van der Waals surface area contributed by atoms with E-state index in [-0.39, 0.29) is 17.3 Å². The van der Waals surface area contributed by atoms with Crippen LogP contribution in [-0.2, 0) is 16.6 Å². The summed E-state index contributed by atoms with van der Waals surface area (Å²) in [6.07, 6.45) is 5.51. The van der Waals surface area contributed by atoms with E-state index in [0.29, 0.717) is 34.5 Å².